The Bertz CT molecular complexity index is 5840. The molecule has 448 valence electrons. The lowest BCUT2D eigenvalue weighted by molar-refractivity contribution is 1.56. The van der Waals surface area contributed by atoms with Gasteiger partial charge < -0.3 is 0 Å². The highest BCUT2D eigenvalue weighted by molar-refractivity contribution is 6.23. The van der Waals surface area contributed by atoms with Crippen molar-refractivity contribution in [1.29, 1.82) is 0 Å². The van der Waals surface area contributed by atoms with Crippen molar-refractivity contribution < 1.29 is 0 Å². The molecule has 0 aliphatic carbocycles. The topological polar surface area (TPSA) is 0 Å². The quantitative estimate of drug-likeness (QED) is 0.120. The van der Waals surface area contributed by atoms with E-state index in [0.29, 0.717) is 0 Å². The van der Waals surface area contributed by atoms with Gasteiger partial charge in [-0.1, -0.05) is 346 Å². The summed E-state index contributed by atoms with van der Waals surface area (Å²) in [5.74, 6) is 0. The summed E-state index contributed by atoms with van der Waals surface area (Å²) in [5.41, 5.74) is 24.7. The molecule has 0 aliphatic heterocycles. The Balaban J connectivity index is 0.000000145. The first-order valence-corrected chi connectivity index (χ1v) is 33.2. The van der Waals surface area contributed by atoms with E-state index >= 15 is 0 Å². The number of hydrogen-bond donors (Lipinski definition) is 0. The molecule has 0 spiro atoms. The molecule has 0 fully saturated rings. The second-order valence-corrected chi connectivity index (χ2v) is 25.0. The van der Waals surface area contributed by atoms with Gasteiger partial charge in [0.05, 0.1) is 0 Å². The Morgan fingerprint density at radius 1 is 0.104 bits per heavy atom. The van der Waals surface area contributed by atoms with Crippen molar-refractivity contribution in [1.82, 2.24) is 0 Å². The van der Waals surface area contributed by atoms with Crippen molar-refractivity contribution in [2.24, 2.45) is 0 Å². The molecular formula is C96H64. The zero-order valence-corrected chi connectivity index (χ0v) is 53.0. The van der Waals surface area contributed by atoms with E-state index in [0.717, 1.165) is 0 Å². The molecule has 0 heterocycles. The van der Waals surface area contributed by atoms with Crippen molar-refractivity contribution >= 4 is 64.6 Å². The third-order valence-corrected chi connectivity index (χ3v) is 19.3. The Kier molecular flexibility index (Phi) is 15.1. The largest absolute Gasteiger partial charge is 0.0622 e. The Morgan fingerprint density at radius 3 is 0.646 bits per heavy atom. The average molecular weight is 1220 g/mol. The van der Waals surface area contributed by atoms with E-state index in [2.05, 4.69) is 388 Å². The van der Waals surface area contributed by atoms with Crippen molar-refractivity contribution in [2.75, 3.05) is 0 Å². The van der Waals surface area contributed by atoms with Gasteiger partial charge in [-0.15, -0.1) is 0 Å². The number of fused-ring (bicyclic) bond motifs is 6. The van der Waals surface area contributed by atoms with Gasteiger partial charge in [-0.3, -0.25) is 0 Å². The first kappa shape index (κ1) is 57.4. The highest BCUT2D eigenvalue weighted by Crippen LogP contribution is 2.48. The minimum atomic E-state index is 1.21. The van der Waals surface area contributed by atoms with Crippen LogP contribution < -0.4 is 0 Å². The van der Waals surface area contributed by atoms with Gasteiger partial charge >= 0.3 is 0 Å². The minimum absolute atomic E-state index is 1.21. The van der Waals surface area contributed by atoms with Gasteiger partial charge in [-0.2, -0.15) is 0 Å². The summed E-state index contributed by atoms with van der Waals surface area (Å²) < 4.78 is 0. The van der Waals surface area contributed by atoms with Gasteiger partial charge in [0.1, 0.15) is 0 Å². The molecule has 18 rings (SSSR count). The first-order valence-electron chi connectivity index (χ1n) is 33.2. The SMILES string of the molecule is c1ccc(-c2cccc(-c3cccc(-c4cccc(-c5c6ccccc6c(-c6ccc7ccccc7c6)c6ccccc56)c4)c3)c2)cc1.c1ccc(-c2cccc(-c3ccccc3-c3cccc(-c4c5ccccc5c(-c5ccc6ccccc6c5)c5ccccc45)c3)c2)cc1. The highest BCUT2D eigenvalue weighted by Gasteiger charge is 2.20. The highest BCUT2D eigenvalue weighted by atomic mass is 14.2. The van der Waals surface area contributed by atoms with Crippen LogP contribution in [-0.4, -0.2) is 0 Å². The molecule has 0 atom stereocenters. The van der Waals surface area contributed by atoms with Gasteiger partial charge in [-0.05, 0) is 218 Å². The van der Waals surface area contributed by atoms with Crippen LogP contribution in [0.2, 0.25) is 0 Å². The van der Waals surface area contributed by atoms with Crippen LogP contribution in [-0.2, 0) is 0 Å². The van der Waals surface area contributed by atoms with Crippen LogP contribution in [0, 0.1) is 0 Å². The Hall–Kier alpha value is -12.5. The van der Waals surface area contributed by atoms with Gasteiger partial charge in [0.15, 0.2) is 0 Å². The number of hydrogen-bond acceptors (Lipinski definition) is 0. The molecule has 0 N–H and O–H groups in total. The summed E-state index contributed by atoms with van der Waals surface area (Å²) in [6, 6.07) is 141. The second-order valence-electron chi connectivity index (χ2n) is 25.0. The molecule has 18 aromatic carbocycles. The minimum Gasteiger partial charge on any atom is -0.0622 e. The Morgan fingerprint density at radius 2 is 0.312 bits per heavy atom. The van der Waals surface area contributed by atoms with Crippen molar-refractivity contribution in [3.63, 3.8) is 0 Å². The molecule has 0 bridgehead atoms. The summed E-state index contributed by atoms with van der Waals surface area (Å²) in [6.45, 7) is 0. The van der Waals surface area contributed by atoms with Crippen molar-refractivity contribution in [3.8, 4) is 111 Å². The summed E-state index contributed by atoms with van der Waals surface area (Å²) >= 11 is 0. The van der Waals surface area contributed by atoms with Crippen LogP contribution in [0.5, 0.6) is 0 Å². The van der Waals surface area contributed by atoms with Gasteiger partial charge in [0, 0.05) is 0 Å². The fraction of sp³-hybridized carbons (Fsp3) is 0. The predicted molar refractivity (Wildman–Crippen MR) is 412 cm³/mol. The molecule has 0 amide bonds. The van der Waals surface area contributed by atoms with Crippen LogP contribution in [0.3, 0.4) is 0 Å². The monoisotopic (exact) mass is 1220 g/mol. The van der Waals surface area contributed by atoms with Crippen molar-refractivity contribution in [2.45, 2.75) is 0 Å². The predicted octanol–water partition coefficient (Wildman–Crippen LogP) is 27.0. The third kappa shape index (κ3) is 10.9. The standard InChI is InChI=1S/2C48H32/c1-2-13-33(14-3-1)36-17-10-18-37(29-36)38-19-11-20-39(30-38)40-21-12-22-41(32-40)47-43-23-6-8-25-45(43)48(46-26-9-7-24-44(46)47)42-28-27-34-15-4-5-16-35(34)31-42;1-2-14-33(15-3-1)36-18-12-19-37(30-36)41-22-6-7-23-42(41)38-20-13-21-39(32-38)47-43-24-8-10-26-45(43)48(46-27-11-9-25-44(46)47)40-29-28-34-16-4-5-17-35(34)31-40/h2*1-32H. The van der Waals surface area contributed by atoms with Gasteiger partial charge in [0.25, 0.3) is 0 Å². The number of rotatable bonds is 10. The maximum atomic E-state index is 2.38. The molecule has 0 aromatic heterocycles. The summed E-state index contributed by atoms with van der Waals surface area (Å²) in [4.78, 5) is 0. The lowest BCUT2D eigenvalue weighted by atomic mass is 9.84. The molecule has 0 nitrogen and oxygen atoms in total. The van der Waals surface area contributed by atoms with Crippen LogP contribution >= 0.6 is 0 Å². The van der Waals surface area contributed by atoms with Crippen LogP contribution in [0.1, 0.15) is 0 Å². The Labute approximate surface area is 560 Å². The summed E-state index contributed by atoms with van der Waals surface area (Å²) in [6.07, 6.45) is 0. The van der Waals surface area contributed by atoms with E-state index in [-0.39, 0.29) is 0 Å². The molecule has 96 heavy (non-hydrogen) atoms. The summed E-state index contributed by atoms with van der Waals surface area (Å²) in [7, 11) is 0. The van der Waals surface area contributed by atoms with E-state index in [1.54, 1.807) is 0 Å². The maximum absolute atomic E-state index is 2.38. The van der Waals surface area contributed by atoms with E-state index in [4.69, 9.17) is 0 Å². The average Bonchev–Trinajstić information content (AvgIpc) is 0.750. The maximum Gasteiger partial charge on any atom is -0.00262 e. The van der Waals surface area contributed by atoms with Crippen LogP contribution in [0.4, 0.5) is 0 Å². The molecule has 0 aliphatic rings. The van der Waals surface area contributed by atoms with Gasteiger partial charge in [-0.25, -0.2) is 0 Å². The zero-order chi connectivity index (χ0) is 63.7. The molecule has 0 unspecified atom stereocenters. The van der Waals surface area contributed by atoms with Crippen molar-refractivity contribution in [3.05, 3.63) is 388 Å². The van der Waals surface area contributed by atoms with E-state index in [1.807, 2.05) is 0 Å². The normalized spacial score (nSPS) is 11.3. The van der Waals surface area contributed by atoms with E-state index in [1.165, 1.54) is 176 Å². The van der Waals surface area contributed by atoms with Crippen LogP contribution in [0.25, 0.3) is 176 Å². The molecule has 0 radical (unpaired) electrons. The van der Waals surface area contributed by atoms with E-state index in [9.17, 15) is 0 Å². The molecule has 0 heteroatoms. The fourth-order valence-corrected chi connectivity index (χ4v) is 14.8. The molecule has 0 saturated carbocycles. The van der Waals surface area contributed by atoms with Crippen LogP contribution in [0.15, 0.2) is 388 Å². The van der Waals surface area contributed by atoms with E-state index < -0.39 is 0 Å². The molecule has 0 saturated heterocycles. The summed E-state index contributed by atoms with van der Waals surface area (Å²) in [5, 5.41) is 15.2. The lowest BCUT2D eigenvalue weighted by Crippen LogP contribution is -1.92. The fourth-order valence-electron chi connectivity index (χ4n) is 14.8. The smallest absolute Gasteiger partial charge is 0.00262 e. The number of benzene rings is 18. The lowest BCUT2D eigenvalue weighted by Gasteiger charge is -2.19. The first-order chi connectivity index (χ1) is 47.6. The molecule has 18 aromatic rings. The zero-order valence-electron chi connectivity index (χ0n) is 53.0. The second kappa shape index (κ2) is 25.2. The third-order valence-electron chi connectivity index (χ3n) is 19.3. The van der Waals surface area contributed by atoms with Gasteiger partial charge in [0.2, 0.25) is 0 Å². The molecular weight excluding hydrogens is 1150 g/mol.